The minimum atomic E-state index is 0.335. The highest BCUT2D eigenvalue weighted by molar-refractivity contribution is 6.08. The Balaban J connectivity index is 1.55. The SMILES string of the molecule is C=C/C=C\C(=C/Cc1cccc(-c2cccc(C)c2O)c1)c1cccc2c1oc1ccccc12. The van der Waals surface area contributed by atoms with Crippen LogP contribution in [0.15, 0.2) is 120 Å². The highest BCUT2D eigenvalue weighted by Crippen LogP contribution is 2.35. The van der Waals surface area contributed by atoms with Crippen molar-refractivity contribution in [2.75, 3.05) is 0 Å². The molecular weight excluding hydrogens is 416 g/mol. The van der Waals surface area contributed by atoms with E-state index in [0.717, 1.165) is 56.2 Å². The van der Waals surface area contributed by atoms with Crippen molar-refractivity contribution in [3.05, 3.63) is 133 Å². The van der Waals surface area contributed by atoms with Crippen LogP contribution in [0.2, 0.25) is 0 Å². The Hall–Kier alpha value is -4.30. The summed E-state index contributed by atoms with van der Waals surface area (Å²) in [5, 5.41) is 12.8. The molecule has 5 aromatic rings. The molecule has 0 bridgehead atoms. The van der Waals surface area contributed by atoms with E-state index in [1.165, 1.54) is 5.56 Å². The first-order chi connectivity index (χ1) is 16.7. The van der Waals surface area contributed by atoms with Crippen molar-refractivity contribution in [1.29, 1.82) is 0 Å². The summed E-state index contributed by atoms with van der Waals surface area (Å²) in [6.07, 6.45) is 8.78. The van der Waals surface area contributed by atoms with Gasteiger partial charge in [0, 0.05) is 21.9 Å². The highest BCUT2D eigenvalue weighted by atomic mass is 16.3. The third-order valence-electron chi connectivity index (χ3n) is 6.16. The van der Waals surface area contributed by atoms with Crippen LogP contribution in [0.25, 0.3) is 38.6 Å². The predicted octanol–water partition coefficient (Wildman–Crippen LogP) is 8.64. The summed E-state index contributed by atoms with van der Waals surface area (Å²) in [5.41, 5.74) is 7.81. The van der Waals surface area contributed by atoms with Crippen LogP contribution in [0.5, 0.6) is 5.75 Å². The van der Waals surface area contributed by atoms with Crippen LogP contribution < -0.4 is 0 Å². The Morgan fingerprint density at radius 3 is 2.59 bits per heavy atom. The number of aromatic hydroxyl groups is 1. The Morgan fingerprint density at radius 2 is 1.71 bits per heavy atom. The third-order valence-corrected chi connectivity index (χ3v) is 6.16. The Bertz CT molecular complexity index is 1560. The van der Waals surface area contributed by atoms with Gasteiger partial charge in [0.25, 0.3) is 0 Å². The van der Waals surface area contributed by atoms with Gasteiger partial charge in [-0.3, -0.25) is 0 Å². The maximum Gasteiger partial charge on any atom is 0.143 e. The van der Waals surface area contributed by atoms with E-state index in [0.29, 0.717) is 5.75 Å². The van der Waals surface area contributed by atoms with E-state index in [9.17, 15) is 5.11 Å². The fourth-order valence-corrected chi connectivity index (χ4v) is 4.40. The van der Waals surface area contributed by atoms with Crippen molar-refractivity contribution in [2.24, 2.45) is 0 Å². The van der Waals surface area contributed by atoms with Crippen molar-refractivity contribution >= 4 is 27.5 Å². The lowest BCUT2D eigenvalue weighted by Gasteiger charge is -2.09. The Morgan fingerprint density at radius 1 is 0.912 bits per heavy atom. The van der Waals surface area contributed by atoms with Gasteiger partial charge in [-0.15, -0.1) is 0 Å². The van der Waals surface area contributed by atoms with E-state index in [1.807, 2.05) is 61.5 Å². The van der Waals surface area contributed by atoms with E-state index >= 15 is 0 Å². The Kier molecular flexibility index (Phi) is 5.88. The molecule has 0 amide bonds. The molecule has 2 nitrogen and oxygen atoms in total. The monoisotopic (exact) mass is 442 g/mol. The molecule has 0 unspecified atom stereocenters. The van der Waals surface area contributed by atoms with Crippen LogP contribution in [0.3, 0.4) is 0 Å². The molecule has 0 radical (unpaired) electrons. The van der Waals surface area contributed by atoms with Crippen LogP contribution >= 0.6 is 0 Å². The maximum atomic E-state index is 10.5. The van der Waals surface area contributed by atoms with Crippen LogP contribution in [0, 0.1) is 6.92 Å². The minimum Gasteiger partial charge on any atom is -0.507 e. The number of aryl methyl sites for hydroxylation is 1. The number of allylic oxidation sites excluding steroid dienone is 5. The normalized spacial score (nSPS) is 12.1. The average Bonchev–Trinajstić information content (AvgIpc) is 3.25. The zero-order valence-electron chi connectivity index (χ0n) is 19.2. The summed E-state index contributed by atoms with van der Waals surface area (Å²) in [7, 11) is 0. The lowest BCUT2D eigenvalue weighted by molar-refractivity contribution is 0.473. The number of hydrogen-bond donors (Lipinski definition) is 1. The number of phenolic OH excluding ortho intramolecular Hbond substituents is 1. The molecule has 34 heavy (non-hydrogen) atoms. The fourth-order valence-electron chi connectivity index (χ4n) is 4.40. The van der Waals surface area contributed by atoms with Crippen molar-refractivity contribution in [1.82, 2.24) is 0 Å². The van der Waals surface area contributed by atoms with Gasteiger partial charge in [-0.2, -0.15) is 0 Å². The van der Waals surface area contributed by atoms with E-state index in [4.69, 9.17) is 4.42 Å². The summed E-state index contributed by atoms with van der Waals surface area (Å²) in [6.45, 7) is 5.76. The number of phenols is 1. The molecule has 0 spiro atoms. The van der Waals surface area contributed by atoms with Gasteiger partial charge in [0.2, 0.25) is 0 Å². The first-order valence-corrected chi connectivity index (χ1v) is 11.4. The van der Waals surface area contributed by atoms with Crippen molar-refractivity contribution in [3.63, 3.8) is 0 Å². The molecule has 2 heteroatoms. The van der Waals surface area contributed by atoms with Gasteiger partial charge >= 0.3 is 0 Å². The topological polar surface area (TPSA) is 33.4 Å². The fraction of sp³-hybridized carbons (Fsp3) is 0.0625. The van der Waals surface area contributed by atoms with Gasteiger partial charge in [-0.25, -0.2) is 0 Å². The molecule has 5 rings (SSSR count). The number of fused-ring (bicyclic) bond motifs is 3. The third kappa shape index (κ3) is 4.06. The predicted molar refractivity (Wildman–Crippen MR) is 143 cm³/mol. The quantitative estimate of drug-likeness (QED) is 0.267. The van der Waals surface area contributed by atoms with Crippen LogP contribution in [-0.2, 0) is 6.42 Å². The molecule has 1 N–H and O–H groups in total. The smallest absolute Gasteiger partial charge is 0.143 e. The van der Waals surface area contributed by atoms with Crippen LogP contribution in [-0.4, -0.2) is 5.11 Å². The minimum absolute atomic E-state index is 0.335. The number of furan rings is 1. The highest BCUT2D eigenvalue weighted by Gasteiger charge is 2.12. The van der Waals surface area contributed by atoms with Gasteiger partial charge in [-0.1, -0.05) is 110 Å². The molecule has 0 saturated carbocycles. The van der Waals surface area contributed by atoms with E-state index in [1.54, 1.807) is 6.08 Å². The first-order valence-electron chi connectivity index (χ1n) is 11.4. The van der Waals surface area contributed by atoms with Crippen molar-refractivity contribution < 1.29 is 9.52 Å². The summed E-state index contributed by atoms with van der Waals surface area (Å²) < 4.78 is 6.27. The molecule has 0 aliphatic carbocycles. The van der Waals surface area contributed by atoms with Gasteiger partial charge < -0.3 is 9.52 Å². The number of rotatable bonds is 6. The number of benzene rings is 4. The van der Waals surface area contributed by atoms with Crippen molar-refractivity contribution in [3.8, 4) is 16.9 Å². The molecule has 0 fully saturated rings. The zero-order chi connectivity index (χ0) is 23.5. The zero-order valence-corrected chi connectivity index (χ0v) is 19.2. The van der Waals surface area contributed by atoms with Crippen molar-refractivity contribution in [2.45, 2.75) is 13.3 Å². The summed E-state index contributed by atoms with van der Waals surface area (Å²) in [6, 6.07) is 28.6. The standard InChI is InChI=1S/C32H26O2/c1-3-4-12-24(27-16-9-17-29-28-14-5-6-18-30(28)34-32(27)29)20-19-23-11-8-13-25(21-23)26-15-7-10-22(2)31(26)33/h3-18,20-21,33H,1,19H2,2H3/b12-4-,24-20+. The number of hydrogen-bond acceptors (Lipinski definition) is 2. The van der Waals surface area contributed by atoms with E-state index in [2.05, 4.69) is 55.1 Å². The molecule has 1 heterocycles. The lowest BCUT2D eigenvalue weighted by Crippen LogP contribution is -1.88. The first kappa shape index (κ1) is 21.5. The molecule has 0 saturated heterocycles. The second kappa shape index (κ2) is 9.29. The van der Waals surface area contributed by atoms with Crippen LogP contribution in [0.4, 0.5) is 0 Å². The van der Waals surface area contributed by atoms with E-state index < -0.39 is 0 Å². The summed E-state index contributed by atoms with van der Waals surface area (Å²) >= 11 is 0. The molecular formula is C32H26O2. The van der Waals surface area contributed by atoms with Crippen LogP contribution in [0.1, 0.15) is 16.7 Å². The molecule has 4 aromatic carbocycles. The largest absolute Gasteiger partial charge is 0.507 e. The average molecular weight is 443 g/mol. The molecule has 0 aliphatic heterocycles. The summed E-state index contributed by atoms with van der Waals surface area (Å²) in [4.78, 5) is 0. The second-order valence-corrected chi connectivity index (χ2v) is 8.41. The second-order valence-electron chi connectivity index (χ2n) is 8.41. The molecule has 166 valence electrons. The van der Waals surface area contributed by atoms with Gasteiger partial charge in [-0.05, 0) is 41.7 Å². The maximum absolute atomic E-state index is 10.5. The molecule has 0 atom stereocenters. The number of para-hydroxylation sites is 3. The van der Waals surface area contributed by atoms with Gasteiger partial charge in [0.1, 0.15) is 16.9 Å². The Labute approximate surface area is 199 Å². The molecule has 0 aliphatic rings. The molecule has 1 aromatic heterocycles. The van der Waals surface area contributed by atoms with Gasteiger partial charge in [0.15, 0.2) is 0 Å². The van der Waals surface area contributed by atoms with E-state index in [-0.39, 0.29) is 0 Å². The lowest BCUT2D eigenvalue weighted by atomic mass is 9.97. The summed E-state index contributed by atoms with van der Waals surface area (Å²) in [5.74, 6) is 0.335. The van der Waals surface area contributed by atoms with Gasteiger partial charge in [0.05, 0.1) is 0 Å².